The maximum atomic E-state index is 13.2. The van der Waals surface area contributed by atoms with Crippen molar-refractivity contribution in [1.82, 2.24) is 0 Å². The molecule has 2 nitrogen and oxygen atoms in total. The second-order valence-corrected chi connectivity index (χ2v) is 7.00. The van der Waals surface area contributed by atoms with E-state index in [0.717, 1.165) is 22.3 Å². The highest BCUT2D eigenvalue weighted by molar-refractivity contribution is 6.27. The van der Waals surface area contributed by atoms with E-state index in [4.69, 9.17) is 0 Å². The lowest BCUT2D eigenvalue weighted by molar-refractivity contribution is 0.0825. The average Bonchev–Trinajstić information content (AvgIpc) is 2.91. The fraction of sp³-hybridized carbons (Fsp3) is 0.167. The number of hydrogen-bond acceptors (Lipinski definition) is 2. The highest BCUT2D eigenvalue weighted by Gasteiger charge is 2.44. The third-order valence-corrected chi connectivity index (χ3v) is 5.28. The monoisotopic (exact) mass is 340 g/mol. The van der Waals surface area contributed by atoms with E-state index < -0.39 is 5.92 Å². The smallest absolute Gasteiger partial charge is 0.175 e. The van der Waals surface area contributed by atoms with Gasteiger partial charge in [-0.05, 0) is 30.5 Å². The van der Waals surface area contributed by atoms with Gasteiger partial charge in [0.1, 0.15) is 0 Å². The summed E-state index contributed by atoms with van der Waals surface area (Å²) in [6, 6.07) is 23.3. The largest absolute Gasteiger partial charge is 0.293 e. The second-order valence-electron chi connectivity index (χ2n) is 7.00. The van der Waals surface area contributed by atoms with Crippen molar-refractivity contribution in [2.24, 2.45) is 5.92 Å². The minimum absolute atomic E-state index is 0.0691. The number of fused-ring (bicyclic) bond motifs is 1. The highest BCUT2D eigenvalue weighted by atomic mass is 16.2. The molecule has 0 radical (unpaired) electrons. The molecule has 0 amide bonds. The summed E-state index contributed by atoms with van der Waals surface area (Å²) < 4.78 is 0. The number of ketones is 2. The van der Waals surface area contributed by atoms with Crippen LogP contribution in [-0.4, -0.2) is 11.6 Å². The van der Waals surface area contributed by atoms with Gasteiger partial charge in [0.25, 0.3) is 0 Å². The van der Waals surface area contributed by atoms with Crippen molar-refractivity contribution in [1.29, 1.82) is 0 Å². The molecule has 0 saturated heterocycles. The Morgan fingerprint density at radius 2 is 1.31 bits per heavy atom. The first-order chi connectivity index (χ1) is 12.6. The fourth-order valence-electron chi connectivity index (χ4n) is 3.98. The lowest BCUT2D eigenvalue weighted by atomic mass is 9.76. The average molecular weight is 340 g/mol. The number of carbonyl (C=O) groups excluding carboxylic acids is 2. The van der Waals surface area contributed by atoms with Gasteiger partial charge in [-0.15, -0.1) is 0 Å². The molecule has 0 N–H and O–H groups in total. The molecule has 0 heterocycles. The maximum Gasteiger partial charge on any atom is 0.175 e. The van der Waals surface area contributed by atoms with Crippen LogP contribution < -0.4 is 0 Å². The molecule has 1 aliphatic carbocycles. The second kappa shape index (κ2) is 6.38. The van der Waals surface area contributed by atoms with Gasteiger partial charge in [-0.1, -0.05) is 78.4 Å². The predicted molar refractivity (Wildman–Crippen MR) is 103 cm³/mol. The third kappa shape index (κ3) is 2.59. The van der Waals surface area contributed by atoms with Crippen LogP contribution in [0.4, 0.5) is 0 Å². The molecule has 1 aliphatic rings. The molecular weight excluding hydrogens is 320 g/mol. The topological polar surface area (TPSA) is 34.1 Å². The van der Waals surface area contributed by atoms with E-state index in [1.54, 1.807) is 12.1 Å². The summed E-state index contributed by atoms with van der Waals surface area (Å²) in [6.07, 6.45) is 0. The molecule has 0 aliphatic heterocycles. The van der Waals surface area contributed by atoms with Crippen LogP contribution in [-0.2, 0) is 0 Å². The van der Waals surface area contributed by atoms with Gasteiger partial charge in [0, 0.05) is 17.0 Å². The first-order valence-electron chi connectivity index (χ1n) is 8.87. The van der Waals surface area contributed by atoms with Gasteiger partial charge in [0.05, 0.1) is 5.92 Å². The normalized spacial score (nSPS) is 15.2. The Morgan fingerprint density at radius 3 is 1.92 bits per heavy atom. The number of aryl methyl sites for hydroxylation is 2. The van der Waals surface area contributed by atoms with Crippen molar-refractivity contribution >= 4 is 11.6 Å². The molecule has 0 aromatic heterocycles. The highest BCUT2D eigenvalue weighted by Crippen LogP contribution is 2.41. The van der Waals surface area contributed by atoms with E-state index in [1.165, 1.54) is 0 Å². The van der Waals surface area contributed by atoms with Gasteiger partial charge in [-0.25, -0.2) is 0 Å². The van der Waals surface area contributed by atoms with Crippen molar-refractivity contribution in [3.05, 3.63) is 106 Å². The number of benzene rings is 3. The van der Waals surface area contributed by atoms with Gasteiger partial charge in [0.15, 0.2) is 11.6 Å². The molecule has 3 aromatic carbocycles. The van der Waals surface area contributed by atoms with Gasteiger partial charge in [-0.3, -0.25) is 9.59 Å². The summed E-state index contributed by atoms with van der Waals surface area (Å²) in [5, 5.41) is 0. The first kappa shape index (κ1) is 16.5. The number of hydrogen-bond donors (Lipinski definition) is 0. The van der Waals surface area contributed by atoms with Crippen molar-refractivity contribution in [3.63, 3.8) is 0 Å². The summed E-state index contributed by atoms with van der Waals surface area (Å²) in [6.45, 7) is 4.08. The van der Waals surface area contributed by atoms with E-state index in [-0.39, 0.29) is 17.5 Å². The quantitative estimate of drug-likeness (QED) is 0.619. The van der Waals surface area contributed by atoms with Crippen LogP contribution in [0.5, 0.6) is 0 Å². The minimum atomic E-state index is -0.699. The zero-order chi connectivity index (χ0) is 18.3. The Balaban J connectivity index is 1.92. The number of carbonyl (C=O) groups is 2. The van der Waals surface area contributed by atoms with Gasteiger partial charge in [0.2, 0.25) is 0 Å². The predicted octanol–water partition coefficient (Wildman–Crippen LogP) is 5.13. The van der Waals surface area contributed by atoms with E-state index in [9.17, 15) is 9.59 Å². The third-order valence-electron chi connectivity index (χ3n) is 5.28. The molecule has 3 aromatic rings. The van der Waals surface area contributed by atoms with Crippen LogP contribution in [0.2, 0.25) is 0 Å². The van der Waals surface area contributed by atoms with Crippen LogP contribution in [0.1, 0.15) is 48.9 Å². The van der Waals surface area contributed by atoms with Crippen molar-refractivity contribution in [3.8, 4) is 0 Å². The molecule has 0 spiro atoms. The molecule has 2 heteroatoms. The Kier molecular flexibility index (Phi) is 4.04. The van der Waals surface area contributed by atoms with Gasteiger partial charge < -0.3 is 0 Å². The molecule has 26 heavy (non-hydrogen) atoms. The van der Waals surface area contributed by atoms with Gasteiger partial charge in [-0.2, -0.15) is 0 Å². The molecular formula is C24H20O2. The SMILES string of the molecule is Cc1ccc(C)c([C@@H](c2ccccc2)C2C(=O)c3ccccc3C2=O)c1. The zero-order valence-corrected chi connectivity index (χ0v) is 14.9. The molecule has 0 unspecified atom stereocenters. The van der Waals surface area contributed by atoms with Crippen molar-refractivity contribution in [2.45, 2.75) is 19.8 Å². The number of Topliss-reactive ketones (excluding diaryl/α,β-unsaturated/α-hetero) is 2. The van der Waals surface area contributed by atoms with E-state index >= 15 is 0 Å². The Morgan fingerprint density at radius 1 is 0.731 bits per heavy atom. The molecule has 0 saturated carbocycles. The summed E-state index contributed by atoms with van der Waals surface area (Å²) >= 11 is 0. The Labute approximate surface area is 153 Å². The molecule has 0 bridgehead atoms. The minimum Gasteiger partial charge on any atom is -0.293 e. The lowest BCUT2D eigenvalue weighted by Gasteiger charge is -2.25. The number of rotatable bonds is 3. The van der Waals surface area contributed by atoms with Crippen LogP contribution >= 0.6 is 0 Å². The van der Waals surface area contributed by atoms with Crippen LogP contribution in [0.15, 0.2) is 72.8 Å². The Hall–Kier alpha value is -3.00. The molecule has 4 rings (SSSR count). The maximum absolute atomic E-state index is 13.2. The molecule has 128 valence electrons. The fourth-order valence-corrected chi connectivity index (χ4v) is 3.98. The summed E-state index contributed by atoms with van der Waals surface area (Å²) in [7, 11) is 0. The van der Waals surface area contributed by atoms with Crippen molar-refractivity contribution in [2.75, 3.05) is 0 Å². The molecule has 1 atom stereocenters. The molecule has 0 fully saturated rings. The lowest BCUT2D eigenvalue weighted by Crippen LogP contribution is -2.25. The zero-order valence-electron chi connectivity index (χ0n) is 14.9. The van der Waals surface area contributed by atoms with Crippen LogP contribution in [0, 0.1) is 19.8 Å². The van der Waals surface area contributed by atoms with E-state index in [0.29, 0.717) is 11.1 Å². The summed E-state index contributed by atoms with van der Waals surface area (Å²) in [5.41, 5.74) is 5.38. The van der Waals surface area contributed by atoms with Crippen LogP contribution in [0.25, 0.3) is 0 Å². The summed E-state index contributed by atoms with van der Waals surface area (Å²) in [5.74, 6) is -1.11. The van der Waals surface area contributed by atoms with Gasteiger partial charge >= 0.3 is 0 Å². The first-order valence-corrected chi connectivity index (χ1v) is 8.87. The van der Waals surface area contributed by atoms with Crippen molar-refractivity contribution < 1.29 is 9.59 Å². The van der Waals surface area contributed by atoms with Crippen LogP contribution in [0.3, 0.4) is 0 Å². The van der Waals surface area contributed by atoms with E-state index in [1.807, 2.05) is 56.3 Å². The summed E-state index contributed by atoms with van der Waals surface area (Å²) in [4.78, 5) is 26.3. The van der Waals surface area contributed by atoms with E-state index in [2.05, 4.69) is 18.2 Å². The standard InChI is InChI=1S/C24H20O2/c1-15-12-13-16(2)20(14-15)21(17-8-4-3-5-9-17)22-23(25)18-10-6-7-11-19(18)24(22)26/h3-14,21-22H,1-2H3/t21-/m1/s1. The Bertz CT molecular complexity index is 967.